The summed E-state index contributed by atoms with van der Waals surface area (Å²) in [5.41, 5.74) is 3.32. The number of hydrogen-bond acceptors (Lipinski definition) is 2. The Morgan fingerprint density at radius 1 is 1.24 bits per heavy atom. The van der Waals surface area contributed by atoms with Crippen LogP contribution in [0.25, 0.3) is 16.7 Å². The number of amides is 1. The zero-order valence-electron chi connectivity index (χ0n) is 11.7. The number of nitrogens with one attached hydrogen (secondary N) is 1. The van der Waals surface area contributed by atoms with Gasteiger partial charge in [-0.2, -0.15) is 0 Å². The molecule has 5 heteroatoms. The smallest absolute Gasteiger partial charge is 0.254 e. The van der Waals surface area contributed by atoms with Crippen LogP contribution in [-0.4, -0.2) is 22.5 Å². The summed E-state index contributed by atoms with van der Waals surface area (Å²) in [6, 6.07) is 10.0. The number of nitrogens with zero attached hydrogens (tertiary/aromatic N) is 2. The molecular formula is C16H14ClN3O. The largest absolute Gasteiger partial charge is 0.355 e. The summed E-state index contributed by atoms with van der Waals surface area (Å²) < 4.78 is 1.95. The molecule has 3 aromatic rings. The quantitative estimate of drug-likeness (QED) is 0.789. The van der Waals surface area contributed by atoms with Crippen LogP contribution in [0.3, 0.4) is 0 Å². The van der Waals surface area contributed by atoms with E-state index in [1.165, 1.54) is 11.8 Å². The maximum atomic E-state index is 11.7. The van der Waals surface area contributed by atoms with Gasteiger partial charge in [-0.15, -0.1) is 0 Å². The van der Waals surface area contributed by atoms with Crippen molar-refractivity contribution in [1.82, 2.24) is 14.9 Å². The lowest BCUT2D eigenvalue weighted by Gasteiger charge is -2.07. The van der Waals surface area contributed by atoms with Gasteiger partial charge in [-0.25, -0.2) is 4.98 Å². The molecule has 0 aliphatic heterocycles. The lowest BCUT2D eigenvalue weighted by atomic mass is 10.2. The van der Waals surface area contributed by atoms with E-state index < -0.39 is 0 Å². The Morgan fingerprint density at radius 2 is 1.95 bits per heavy atom. The molecule has 0 saturated heterocycles. The van der Waals surface area contributed by atoms with Gasteiger partial charge in [0.15, 0.2) is 0 Å². The van der Waals surface area contributed by atoms with Gasteiger partial charge < -0.3 is 9.88 Å². The second-order valence-corrected chi connectivity index (χ2v) is 5.20. The van der Waals surface area contributed by atoms with Crippen LogP contribution in [0.15, 0.2) is 42.7 Å². The first kappa shape index (κ1) is 13.6. The van der Waals surface area contributed by atoms with Crippen LogP contribution in [0.1, 0.15) is 15.9 Å². The van der Waals surface area contributed by atoms with Gasteiger partial charge in [0, 0.05) is 30.5 Å². The number of aromatic nitrogens is 2. The molecule has 0 aliphatic carbocycles. The Balaban J connectivity index is 2.18. The van der Waals surface area contributed by atoms with Crippen molar-refractivity contribution in [3.05, 3.63) is 58.9 Å². The van der Waals surface area contributed by atoms with Crippen LogP contribution in [0, 0.1) is 6.92 Å². The van der Waals surface area contributed by atoms with Crippen LogP contribution in [0.4, 0.5) is 0 Å². The molecule has 1 amide bonds. The summed E-state index contributed by atoms with van der Waals surface area (Å²) in [6.07, 6.45) is 3.41. The summed E-state index contributed by atoms with van der Waals surface area (Å²) in [5.74, 6) is -0.238. The first-order valence-corrected chi connectivity index (χ1v) is 6.94. The fourth-order valence-electron chi connectivity index (χ4n) is 2.26. The molecule has 3 rings (SSSR count). The fraction of sp³-hybridized carbons (Fsp3) is 0.125. The monoisotopic (exact) mass is 299 g/mol. The Hall–Kier alpha value is -2.33. The van der Waals surface area contributed by atoms with Crippen LogP contribution >= 0.6 is 11.6 Å². The number of benzene rings is 1. The number of carbonyl (C=O) groups is 1. The first-order valence-electron chi connectivity index (χ1n) is 6.56. The van der Waals surface area contributed by atoms with E-state index in [0.717, 1.165) is 16.7 Å². The molecule has 21 heavy (non-hydrogen) atoms. The van der Waals surface area contributed by atoms with E-state index in [4.69, 9.17) is 11.6 Å². The number of carbonyl (C=O) groups excluding carboxylic acids is 1. The molecule has 0 bridgehead atoms. The minimum absolute atomic E-state index is 0.238. The molecule has 0 radical (unpaired) electrons. The van der Waals surface area contributed by atoms with E-state index in [-0.39, 0.29) is 5.91 Å². The zero-order chi connectivity index (χ0) is 15.0. The van der Waals surface area contributed by atoms with Crippen molar-refractivity contribution in [1.29, 1.82) is 0 Å². The van der Waals surface area contributed by atoms with E-state index in [9.17, 15) is 4.79 Å². The predicted octanol–water partition coefficient (Wildman–Crippen LogP) is 3.35. The van der Waals surface area contributed by atoms with Gasteiger partial charge in [-0.1, -0.05) is 29.3 Å². The van der Waals surface area contributed by atoms with Crippen LogP contribution in [0.2, 0.25) is 5.02 Å². The SMILES string of the molecule is CNC(=O)c1cnc2c(ccn2-c2ccc(C)cc2)c1Cl. The van der Waals surface area contributed by atoms with E-state index in [1.54, 1.807) is 7.05 Å². The Morgan fingerprint density at radius 3 is 2.62 bits per heavy atom. The molecule has 1 N–H and O–H groups in total. The molecule has 0 spiro atoms. The number of aryl methyl sites for hydroxylation is 1. The van der Waals surface area contributed by atoms with E-state index in [0.29, 0.717) is 10.6 Å². The van der Waals surface area contributed by atoms with Gasteiger partial charge in [0.2, 0.25) is 0 Å². The third-order valence-electron chi connectivity index (χ3n) is 3.43. The van der Waals surface area contributed by atoms with Gasteiger partial charge in [-0.3, -0.25) is 4.79 Å². The number of halogens is 1. The number of pyridine rings is 1. The molecule has 2 aromatic heterocycles. The van der Waals surface area contributed by atoms with Gasteiger partial charge in [-0.05, 0) is 25.1 Å². The van der Waals surface area contributed by atoms with Crippen molar-refractivity contribution in [2.75, 3.05) is 7.05 Å². The van der Waals surface area contributed by atoms with Crippen molar-refractivity contribution < 1.29 is 4.79 Å². The van der Waals surface area contributed by atoms with E-state index >= 15 is 0 Å². The molecule has 0 fully saturated rings. The Labute approximate surface area is 127 Å². The first-order chi connectivity index (χ1) is 10.1. The highest BCUT2D eigenvalue weighted by Crippen LogP contribution is 2.28. The van der Waals surface area contributed by atoms with Crippen molar-refractivity contribution >= 4 is 28.5 Å². The summed E-state index contributed by atoms with van der Waals surface area (Å²) in [5, 5.41) is 3.75. The second kappa shape index (κ2) is 5.22. The number of hydrogen-bond donors (Lipinski definition) is 1. The van der Waals surface area contributed by atoms with Gasteiger partial charge in [0.1, 0.15) is 5.65 Å². The minimum atomic E-state index is -0.238. The van der Waals surface area contributed by atoms with Crippen molar-refractivity contribution in [3.8, 4) is 5.69 Å². The maximum absolute atomic E-state index is 11.7. The van der Waals surface area contributed by atoms with Crippen LogP contribution in [-0.2, 0) is 0 Å². The molecule has 0 atom stereocenters. The highest BCUT2D eigenvalue weighted by molar-refractivity contribution is 6.38. The Kier molecular flexibility index (Phi) is 3.39. The molecule has 0 saturated carbocycles. The summed E-state index contributed by atoms with van der Waals surface area (Å²) in [7, 11) is 1.57. The minimum Gasteiger partial charge on any atom is -0.355 e. The summed E-state index contributed by atoms with van der Waals surface area (Å²) >= 11 is 6.33. The third-order valence-corrected chi connectivity index (χ3v) is 3.84. The summed E-state index contributed by atoms with van der Waals surface area (Å²) in [6.45, 7) is 2.04. The highest BCUT2D eigenvalue weighted by atomic mass is 35.5. The van der Waals surface area contributed by atoms with Crippen molar-refractivity contribution in [2.45, 2.75) is 6.92 Å². The standard InChI is InChI=1S/C16H14ClN3O/c1-10-3-5-11(6-4-10)20-8-7-12-14(17)13(16(21)18-2)9-19-15(12)20/h3-9H,1-2H3,(H,18,21). The molecule has 106 valence electrons. The topological polar surface area (TPSA) is 46.9 Å². The number of fused-ring (bicyclic) bond motifs is 1. The van der Waals surface area contributed by atoms with Crippen molar-refractivity contribution in [2.24, 2.45) is 0 Å². The maximum Gasteiger partial charge on any atom is 0.254 e. The fourth-order valence-corrected chi connectivity index (χ4v) is 2.54. The highest BCUT2D eigenvalue weighted by Gasteiger charge is 2.15. The average molecular weight is 300 g/mol. The molecule has 0 unspecified atom stereocenters. The molecule has 2 heterocycles. The third kappa shape index (κ3) is 2.28. The zero-order valence-corrected chi connectivity index (χ0v) is 12.5. The second-order valence-electron chi connectivity index (χ2n) is 4.82. The molecule has 4 nitrogen and oxygen atoms in total. The molecule has 1 aromatic carbocycles. The normalized spacial score (nSPS) is 10.8. The molecular weight excluding hydrogens is 286 g/mol. The van der Waals surface area contributed by atoms with Gasteiger partial charge in [0.25, 0.3) is 5.91 Å². The van der Waals surface area contributed by atoms with Crippen molar-refractivity contribution in [3.63, 3.8) is 0 Å². The van der Waals surface area contributed by atoms with E-state index in [2.05, 4.69) is 10.3 Å². The van der Waals surface area contributed by atoms with Gasteiger partial charge >= 0.3 is 0 Å². The lowest BCUT2D eigenvalue weighted by molar-refractivity contribution is 0.0963. The van der Waals surface area contributed by atoms with Gasteiger partial charge in [0.05, 0.1) is 10.6 Å². The molecule has 0 aliphatic rings. The van der Waals surface area contributed by atoms with E-state index in [1.807, 2.05) is 48.0 Å². The van der Waals surface area contributed by atoms with Crippen LogP contribution < -0.4 is 5.32 Å². The average Bonchev–Trinajstić information content (AvgIpc) is 2.92. The number of rotatable bonds is 2. The Bertz CT molecular complexity index is 821. The summed E-state index contributed by atoms with van der Waals surface area (Å²) in [4.78, 5) is 16.1. The van der Waals surface area contributed by atoms with Crippen LogP contribution in [0.5, 0.6) is 0 Å². The predicted molar refractivity (Wildman–Crippen MR) is 84.2 cm³/mol. The lowest BCUT2D eigenvalue weighted by Crippen LogP contribution is -2.18.